The van der Waals surface area contributed by atoms with E-state index in [0.29, 0.717) is 23.8 Å². The summed E-state index contributed by atoms with van der Waals surface area (Å²) in [5.74, 6) is 2.17. The number of piperidine rings is 1. The molecule has 0 spiro atoms. The average molecular weight is 323 g/mol. The topological polar surface area (TPSA) is 64.6 Å². The molecule has 5 heteroatoms. The van der Waals surface area contributed by atoms with Crippen molar-refractivity contribution in [1.82, 2.24) is 15.5 Å². The molecular formula is C18H33N3O2. The number of carbonyl (C=O) groups is 1. The lowest BCUT2D eigenvalue weighted by molar-refractivity contribution is 0.141. The minimum absolute atomic E-state index is 0.0247. The smallest absolute Gasteiger partial charge is 0.315 e. The zero-order chi connectivity index (χ0) is 16.4. The molecule has 4 atom stereocenters. The monoisotopic (exact) mass is 323 g/mol. The van der Waals surface area contributed by atoms with Crippen LogP contribution in [0.3, 0.4) is 0 Å². The Morgan fingerprint density at radius 1 is 1.13 bits per heavy atom. The van der Waals surface area contributed by atoms with Crippen LogP contribution in [0.5, 0.6) is 0 Å². The highest BCUT2D eigenvalue weighted by Gasteiger charge is 2.47. The van der Waals surface area contributed by atoms with Gasteiger partial charge in [-0.1, -0.05) is 13.8 Å². The highest BCUT2D eigenvalue weighted by Crippen LogP contribution is 2.48. The fourth-order valence-corrected chi connectivity index (χ4v) is 5.05. The molecule has 2 saturated carbocycles. The maximum Gasteiger partial charge on any atom is 0.315 e. The number of nitrogens with zero attached hydrogens (tertiary/aromatic N) is 1. The van der Waals surface area contributed by atoms with Crippen molar-refractivity contribution < 1.29 is 9.90 Å². The van der Waals surface area contributed by atoms with Crippen LogP contribution >= 0.6 is 0 Å². The molecule has 0 aromatic carbocycles. The Kier molecular flexibility index (Phi) is 5.47. The minimum Gasteiger partial charge on any atom is -0.396 e. The lowest BCUT2D eigenvalue weighted by atomic mass is 9.85. The second-order valence-electron chi connectivity index (χ2n) is 8.29. The normalized spacial score (nSPS) is 35.0. The van der Waals surface area contributed by atoms with E-state index in [1.54, 1.807) is 0 Å². The number of aliphatic hydroxyl groups excluding tert-OH is 1. The van der Waals surface area contributed by atoms with E-state index in [-0.39, 0.29) is 24.6 Å². The van der Waals surface area contributed by atoms with Crippen LogP contribution in [-0.4, -0.2) is 54.4 Å². The van der Waals surface area contributed by atoms with Gasteiger partial charge in [-0.3, -0.25) is 0 Å². The van der Waals surface area contributed by atoms with E-state index in [1.807, 2.05) is 0 Å². The molecule has 132 valence electrons. The number of aliphatic hydroxyl groups is 1. The molecule has 1 aliphatic heterocycles. The molecule has 2 aliphatic carbocycles. The standard InChI is InChI=1S/C18H33N3O2/c1-12(2)10-21-7-5-15(6-8-21)19-18(23)20-17-14-4-3-13(9-14)16(17)11-22/h12-17,22H,3-11H2,1-2H3,(H2,19,20,23). The molecular weight excluding hydrogens is 290 g/mol. The van der Waals surface area contributed by atoms with Gasteiger partial charge in [0.25, 0.3) is 0 Å². The second kappa shape index (κ2) is 7.39. The van der Waals surface area contributed by atoms with Crippen molar-refractivity contribution >= 4 is 6.03 Å². The van der Waals surface area contributed by atoms with Gasteiger partial charge in [0, 0.05) is 44.2 Å². The van der Waals surface area contributed by atoms with Gasteiger partial charge in [-0.05, 0) is 49.9 Å². The summed E-state index contributed by atoms with van der Waals surface area (Å²) in [4.78, 5) is 14.8. The van der Waals surface area contributed by atoms with Crippen molar-refractivity contribution in [3.63, 3.8) is 0 Å². The molecule has 3 rings (SSSR count). The molecule has 2 bridgehead atoms. The van der Waals surface area contributed by atoms with E-state index in [1.165, 1.54) is 19.3 Å². The molecule has 4 unspecified atom stereocenters. The molecule has 2 amide bonds. The zero-order valence-corrected chi connectivity index (χ0v) is 14.6. The van der Waals surface area contributed by atoms with Crippen molar-refractivity contribution in [2.45, 2.75) is 58.0 Å². The van der Waals surface area contributed by atoms with Crippen LogP contribution in [0.15, 0.2) is 0 Å². The van der Waals surface area contributed by atoms with Gasteiger partial charge in [-0.2, -0.15) is 0 Å². The first kappa shape index (κ1) is 17.0. The molecule has 3 fully saturated rings. The zero-order valence-electron chi connectivity index (χ0n) is 14.6. The summed E-state index contributed by atoms with van der Waals surface area (Å²) in [6.07, 6.45) is 5.70. The maximum atomic E-state index is 12.3. The van der Waals surface area contributed by atoms with Gasteiger partial charge >= 0.3 is 6.03 Å². The first-order valence-electron chi connectivity index (χ1n) is 9.47. The van der Waals surface area contributed by atoms with Crippen LogP contribution < -0.4 is 10.6 Å². The summed E-state index contributed by atoms with van der Waals surface area (Å²) >= 11 is 0. The Balaban J connectivity index is 1.42. The second-order valence-corrected chi connectivity index (χ2v) is 8.29. The van der Waals surface area contributed by atoms with E-state index in [9.17, 15) is 9.90 Å². The Labute approximate surface area is 140 Å². The number of hydrogen-bond acceptors (Lipinski definition) is 3. The quantitative estimate of drug-likeness (QED) is 0.723. The van der Waals surface area contributed by atoms with Crippen molar-refractivity contribution in [1.29, 1.82) is 0 Å². The van der Waals surface area contributed by atoms with Crippen LogP contribution in [0.4, 0.5) is 4.79 Å². The van der Waals surface area contributed by atoms with Gasteiger partial charge in [0.2, 0.25) is 0 Å². The summed E-state index contributed by atoms with van der Waals surface area (Å²) < 4.78 is 0. The van der Waals surface area contributed by atoms with Crippen LogP contribution in [-0.2, 0) is 0 Å². The molecule has 3 N–H and O–H groups in total. The van der Waals surface area contributed by atoms with Gasteiger partial charge in [0.1, 0.15) is 0 Å². The van der Waals surface area contributed by atoms with E-state index in [4.69, 9.17) is 0 Å². The van der Waals surface area contributed by atoms with E-state index < -0.39 is 0 Å². The fraction of sp³-hybridized carbons (Fsp3) is 0.944. The Morgan fingerprint density at radius 2 is 1.83 bits per heavy atom. The van der Waals surface area contributed by atoms with Crippen molar-refractivity contribution in [3.8, 4) is 0 Å². The van der Waals surface area contributed by atoms with Crippen LogP contribution in [0.1, 0.15) is 46.0 Å². The molecule has 5 nitrogen and oxygen atoms in total. The third kappa shape index (κ3) is 4.00. The predicted octanol–water partition coefficient (Wildman–Crippen LogP) is 1.81. The van der Waals surface area contributed by atoms with Gasteiger partial charge in [-0.15, -0.1) is 0 Å². The van der Waals surface area contributed by atoms with Gasteiger partial charge < -0.3 is 20.6 Å². The van der Waals surface area contributed by atoms with E-state index >= 15 is 0 Å². The van der Waals surface area contributed by atoms with Crippen LogP contribution in [0, 0.1) is 23.7 Å². The summed E-state index contributed by atoms with van der Waals surface area (Å²) in [7, 11) is 0. The fourth-order valence-electron chi connectivity index (χ4n) is 5.05. The van der Waals surface area contributed by atoms with Crippen molar-refractivity contribution in [3.05, 3.63) is 0 Å². The first-order valence-corrected chi connectivity index (χ1v) is 9.47. The number of rotatable bonds is 5. The van der Waals surface area contributed by atoms with Gasteiger partial charge in [0.05, 0.1) is 0 Å². The molecule has 3 aliphatic rings. The molecule has 0 aromatic heterocycles. The van der Waals surface area contributed by atoms with Crippen molar-refractivity contribution in [2.24, 2.45) is 23.7 Å². The molecule has 1 saturated heterocycles. The molecule has 0 aromatic rings. The highest BCUT2D eigenvalue weighted by molar-refractivity contribution is 5.74. The third-order valence-corrected chi connectivity index (χ3v) is 6.14. The lowest BCUT2D eigenvalue weighted by Crippen LogP contribution is -2.53. The molecule has 23 heavy (non-hydrogen) atoms. The Hall–Kier alpha value is -0.810. The number of carbonyl (C=O) groups excluding carboxylic acids is 1. The number of amides is 2. The van der Waals surface area contributed by atoms with Gasteiger partial charge in [0.15, 0.2) is 0 Å². The van der Waals surface area contributed by atoms with E-state index in [2.05, 4.69) is 29.4 Å². The molecule has 1 heterocycles. The first-order chi connectivity index (χ1) is 11.1. The Morgan fingerprint density at radius 3 is 2.48 bits per heavy atom. The summed E-state index contributed by atoms with van der Waals surface area (Å²) in [5, 5.41) is 16.0. The lowest BCUT2D eigenvalue weighted by Gasteiger charge is -2.34. The summed E-state index contributed by atoms with van der Waals surface area (Å²) in [6.45, 7) is 8.03. The molecule has 0 radical (unpaired) electrons. The third-order valence-electron chi connectivity index (χ3n) is 6.14. The average Bonchev–Trinajstić information content (AvgIpc) is 3.09. The maximum absolute atomic E-state index is 12.3. The minimum atomic E-state index is -0.0247. The largest absolute Gasteiger partial charge is 0.396 e. The number of hydrogen-bond donors (Lipinski definition) is 3. The summed E-state index contributed by atoms with van der Waals surface area (Å²) in [6, 6.07) is 0.452. The number of fused-ring (bicyclic) bond motifs is 2. The SMILES string of the molecule is CC(C)CN1CCC(NC(=O)NC2C3CCC(C3)C2CO)CC1. The Bertz CT molecular complexity index is 407. The predicted molar refractivity (Wildman–Crippen MR) is 91.2 cm³/mol. The number of likely N-dealkylation sites (tertiary alicyclic amines) is 1. The van der Waals surface area contributed by atoms with Gasteiger partial charge in [-0.25, -0.2) is 4.79 Å². The van der Waals surface area contributed by atoms with Crippen molar-refractivity contribution in [2.75, 3.05) is 26.2 Å². The van der Waals surface area contributed by atoms with Crippen LogP contribution in [0.25, 0.3) is 0 Å². The van der Waals surface area contributed by atoms with E-state index in [0.717, 1.165) is 32.5 Å². The highest BCUT2D eigenvalue weighted by atomic mass is 16.3. The van der Waals surface area contributed by atoms with Crippen LogP contribution in [0.2, 0.25) is 0 Å². The summed E-state index contributed by atoms with van der Waals surface area (Å²) in [5.41, 5.74) is 0. The number of urea groups is 1. The number of nitrogens with one attached hydrogen (secondary N) is 2.